The molecule has 100 valence electrons. The first-order chi connectivity index (χ1) is 8.65. The average Bonchev–Trinajstić information content (AvgIpc) is 2.61. The summed E-state index contributed by atoms with van der Waals surface area (Å²) in [5.74, 6) is 0.423. The van der Waals surface area contributed by atoms with Crippen LogP contribution in [0.25, 0.3) is 0 Å². The van der Waals surface area contributed by atoms with Crippen LogP contribution in [0.3, 0.4) is 0 Å². The summed E-state index contributed by atoms with van der Waals surface area (Å²) in [7, 11) is -3.32. The molecular formula is C12H17ClN2O2S. The molecule has 4 nitrogen and oxygen atoms in total. The third kappa shape index (κ3) is 3.01. The molecule has 0 saturated carbocycles. The van der Waals surface area contributed by atoms with Crippen molar-refractivity contribution in [3.63, 3.8) is 0 Å². The van der Waals surface area contributed by atoms with E-state index in [0.29, 0.717) is 12.3 Å². The molecule has 0 N–H and O–H groups in total. The minimum atomic E-state index is -3.32. The number of hydrogen-bond donors (Lipinski definition) is 0. The summed E-state index contributed by atoms with van der Waals surface area (Å²) in [6, 6.07) is 0. The second kappa shape index (κ2) is 5.97. The van der Waals surface area contributed by atoms with Crippen LogP contribution < -0.4 is 0 Å². The van der Waals surface area contributed by atoms with Crippen molar-refractivity contribution in [3.05, 3.63) is 17.6 Å². The van der Waals surface area contributed by atoms with Gasteiger partial charge in [-0.15, -0.1) is 11.6 Å². The van der Waals surface area contributed by atoms with Gasteiger partial charge in [-0.25, -0.2) is 18.4 Å². The highest BCUT2D eigenvalue weighted by Gasteiger charge is 2.23. The van der Waals surface area contributed by atoms with E-state index in [-0.39, 0.29) is 10.8 Å². The minimum Gasteiger partial charge on any atom is -0.241 e. The lowest BCUT2D eigenvalue weighted by molar-refractivity contribution is 0.588. The van der Waals surface area contributed by atoms with E-state index in [1.807, 2.05) is 0 Å². The maximum absolute atomic E-state index is 12.2. The van der Waals surface area contributed by atoms with Crippen molar-refractivity contribution >= 4 is 21.4 Å². The molecule has 0 radical (unpaired) electrons. The van der Waals surface area contributed by atoms with E-state index in [2.05, 4.69) is 9.97 Å². The van der Waals surface area contributed by atoms with Crippen LogP contribution in [0.1, 0.15) is 36.9 Å². The number of halogens is 1. The molecule has 2 rings (SSSR count). The molecule has 0 fully saturated rings. The zero-order valence-electron chi connectivity index (χ0n) is 10.2. The molecule has 0 unspecified atom stereocenters. The van der Waals surface area contributed by atoms with Crippen molar-refractivity contribution in [2.75, 3.05) is 11.6 Å². The summed E-state index contributed by atoms with van der Waals surface area (Å²) in [5.41, 5.74) is 1.75. The fourth-order valence-corrected chi connectivity index (χ4v) is 4.09. The summed E-state index contributed by atoms with van der Waals surface area (Å²) >= 11 is 5.57. The topological polar surface area (TPSA) is 59.9 Å². The standard InChI is InChI=1S/C12H17ClN2O2S/c13-7-4-8-18(16,17)12-10-5-2-1-3-6-11(10)14-9-15-12/h9H,1-8H2. The summed E-state index contributed by atoms with van der Waals surface area (Å²) in [4.78, 5) is 8.25. The van der Waals surface area contributed by atoms with Gasteiger partial charge in [0, 0.05) is 17.1 Å². The third-order valence-electron chi connectivity index (χ3n) is 3.18. The summed E-state index contributed by atoms with van der Waals surface area (Å²) in [6.07, 6.45) is 6.67. The van der Waals surface area contributed by atoms with Crippen LogP contribution in [0.4, 0.5) is 0 Å². The van der Waals surface area contributed by atoms with Gasteiger partial charge in [-0.05, 0) is 32.1 Å². The molecule has 1 aliphatic rings. The monoisotopic (exact) mass is 288 g/mol. The smallest absolute Gasteiger partial charge is 0.196 e. The number of hydrogen-bond acceptors (Lipinski definition) is 4. The Balaban J connectivity index is 2.39. The molecule has 0 aliphatic heterocycles. The summed E-state index contributed by atoms with van der Waals surface area (Å²) < 4.78 is 24.5. The molecule has 0 spiro atoms. The molecule has 0 amide bonds. The predicted molar refractivity (Wildman–Crippen MR) is 70.7 cm³/mol. The van der Waals surface area contributed by atoms with Crippen LogP contribution in [-0.2, 0) is 22.7 Å². The second-order valence-electron chi connectivity index (χ2n) is 4.53. The van der Waals surface area contributed by atoms with E-state index < -0.39 is 9.84 Å². The normalized spacial score (nSPS) is 16.1. The fourth-order valence-electron chi connectivity index (χ4n) is 2.28. The van der Waals surface area contributed by atoms with E-state index in [0.717, 1.165) is 43.4 Å². The van der Waals surface area contributed by atoms with Gasteiger partial charge in [0.2, 0.25) is 0 Å². The van der Waals surface area contributed by atoms with E-state index in [1.54, 1.807) is 0 Å². The highest BCUT2D eigenvalue weighted by molar-refractivity contribution is 7.91. The minimum absolute atomic E-state index is 0.0694. The van der Waals surface area contributed by atoms with Gasteiger partial charge >= 0.3 is 0 Å². The maximum Gasteiger partial charge on any atom is 0.196 e. The van der Waals surface area contributed by atoms with E-state index in [1.165, 1.54) is 6.33 Å². The van der Waals surface area contributed by atoms with Gasteiger partial charge in [0.25, 0.3) is 0 Å². The van der Waals surface area contributed by atoms with Crippen molar-refractivity contribution in [3.8, 4) is 0 Å². The van der Waals surface area contributed by atoms with Crippen LogP contribution in [0.2, 0.25) is 0 Å². The highest BCUT2D eigenvalue weighted by Crippen LogP contribution is 2.24. The largest absolute Gasteiger partial charge is 0.241 e. The van der Waals surface area contributed by atoms with Crippen molar-refractivity contribution in [1.29, 1.82) is 0 Å². The Bertz CT molecular complexity index is 517. The predicted octanol–water partition coefficient (Wildman–Crippen LogP) is 2.15. The lowest BCUT2D eigenvalue weighted by Crippen LogP contribution is -2.14. The highest BCUT2D eigenvalue weighted by atomic mass is 35.5. The lowest BCUT2D eigenvalue weighted by atomic mass is 10.1. The van der Waals surface area contributed by atoms with Crippen molar-refractivity contribution in [1.82, 2.24) is 9.97 Å². The quantitative estimate of drug-likeness (QED) is 0.484. The fraction of sp³-hybridized carbons (Fsp3) is 0.667. The van der Waals surface area contributed by atoms with Gasteiger partial charge in [0.15, 0.2) is 14.9 Å². The maximum atomic E-state index is 12.2. The molecule has 1 aromatic heterocycles. The van der Waals surface area contributed by atoms with Gasteiger partial charge < -0.3 is 0 Å². The molecule has 1 heterocycles. The van der Waals surface area contributed by atoms with Crippen LogP contribution >= 0.6 is 11.6 Å². The number of nitrogens with zero attached hydrogens (tertiary/aromatic N) is 2. The van der Waals surface area contributed by atoms with E-state index >= 15 is 0 Å². The van der Waals surface area contributed by atoms with Crippen molar-refractivity contribution in [2.24, 2.45) is 0 Å². The molecule has 18 heavy (non-hydrogen) atoms. The first-order valence-corrected chi connectivity index (χ1v) is 8.45. The lowest BCUT2D eigenvalue weighted by Gasteiger charge is -2.10. The van der Waals surface area contributed by atoms with Crippen LogP contribution in [0.15, 0.2) is 11.4 Å². The Kier molecular flexibility index (Phi) is 4.56. The molecule has 0 atom stereocenters. The number of aromatic nitrogens is 2. The van der Waals surface area contributed by atoms with Gasteiger partial charge in [-0.3, -0.25) is 0 Å². The van der Waals surface area contributed by atoms with E-state index in [9.17, 15) is 8.42 Å². The van der Waals surface area contributed by atoms with Gasteiger partial charge in [0.05, 0.1) is 5.75 Å². The van der Waals surface area contributed by atoms with Crippen LogP contribution in [0, 0.1) is 0 Å². The molecule has 1 aliphatic carbocycles. The zero-order valence-corrected chi connectivity index (χ0v) is 11.8. The molecule has 0 aromatic carbocycles. The average molecular weight is 289 g/mol. The Morgan fingerprint density at radius 1 is 1.17 bits per heavy atom. The molecular weight excluding hydrogens is 272 g/mol. The van der Waals surface area contributed by atoms with Crippen molar-refractivity contribution in [2.45, 2.75) is 43.6 Å². The zero-order chi connectivity index (χ0) is 13.0. The molecule has 1 aromatic rings. The first-order valence-electron chi connectivity index (χ1n) is 6.26. The van der Waals surface area contributed by atoms with Gasteiger partial charge in [0.1, 0.15) is 6.33 Å². The molecule has 0 bridgehead atoms. The number of sulfone groups is 1. The van der Waals surface area contributed by atoms with Crippen LogP contribution in [-0.4, -0.2) is 30.0 Å². The second-order valence-corrected chi connectivity index (χ2v) is 6.93. The van der Waals surface area contributed by atoms with Gasteiger partial charge in [-0.1, -0.05) is 6.42 Å². The number of aryl methyl sites for hydroxylation is 1. The summed E-state index contributed by atoms with van der Waals surface area (Å²) in [5, 5.41) is 0.236. The molecule has 0 saturated heterocycles. The molecule has 6 heteroatoms. The Morgan fingerprint density at radius 2 is 1.94 bits per heavy atom. The number of alkyl halides is 1. The van der Waals surface area contributed by atoms with Gasteiger partial charge in [-0.2, -0.15) is 0 Å². The Labute approximate surface area is 113 Å². The van der Waals surface area contributed by atoms with E-state index in [4.69, 9.17) is 11.6 Å². The third-order valence-corrected chi connectivity index (χ3v) is 5.21. The SMILES string of the molecule is O=S(=O)(CCCCl)c1ncnc2c1CCCCC2. The number of rotatable bonds is 4. The Hall–Kier alpha value is -0.680. The summed E-state index contributed by atoms with van der Waals surface area (Å²) in [6.45, 7) is 0. The van der Waals surface area contributed by atoms with Crippen LogP contribution in [0.5, 0.6) is 0 Å². The first kappa shape index (κ1) is 13.7. The Morgan fingerprint density at radius 3 is 2.72 bits per heavy atom. The number of fused-ring (bicyclic) bond motifs is 1. The van der Waals surface area contributed by atoms with Crippen molar-refractivity contribution < 1.29 is 8.42 Å².